The normalized spacial score (nSPS) is 9.50. The highest BCUT2D eigenvalue weighted by Crippen LogP contribution is 1.72. The average molecular weight is 120 g/mol. The van der Waals surface area contributed by atoms with Crippen LogP contribution in [0.15, 0.2) is 10.2 Å². The number of nitrogens with two attached hydrogens (primary N) is 2. The van der Waals surface area contributed by atoms with Crippen LogP contribution in [0, 0.1) is 0 Å². The maximum Gasteiger partial charge on any atom is 0.357 e. The fraction of sp³-hybridized carbons (Fsp3) is 0. The molecule has 0 unspecified atom stereocenters. The van der Waals surface area contributed by atoms with E-state index in [1.807, 2.05) is 0 Å². The van der Waals surface area contributed by atoms with Crippen LogP contribution in [0.3, 0.4) is 0 Å². The Morgan fingerprint density at radius 3 is 1.38 bits per heavy atom. The first-order valence-corrected chi connectivity index (χ1v) is 1.63. The lowest BCUT2D eigenvalue weighted by molar-refractivity contribution is 0.249. The number of hydrogen-bond acceptors (Lipinski definition) is 2. The number of nitrogens with zero attached hydrogens (tertiary/aromatic N) is 2. The van der Waals surface area contributed by atoms with Crippen LogP contribution in [0.2, 0.25) is 0 Å². The topological polar surface area (TPSA) is 111 Å². The summed E-state index contributed by atoms with van der Waals surface area (Å²) in [5, 5.41) is 5.23. The van der Waals surface area contributed by atoms with Gasteiger partial charge in [-0.25, -0.2) is 9.59 Å². The first-order valence-electron chi connectivity index (χ1n) is 1.63. The highest BCUT2D eigenvalue weighted by atomic mass is 16.4. The van der Waals surface area contributed by atoms with E-state index in [2.05, 4.69) is 21.7 Å². The van der Waals surface area contributed by atoms with Crippen LogP contribution in [0.5, 0.6) is 0 Å². The molecule has 0 saturated heterocycles. The molecule has 0 bridgehead atoms. The third-order valence-corrected chi connectivity index (χ3v) is 0.247. The van der Waals surface area contributed by atoms with Gasteiger partial charge in [-0.15, -0.1) is 0 Å². The lowest BCUT2D eigenvalue weighted by Crippen LogP contribution is -2.07. The molecule has 0 atom stereocenters. The second kappa shape index (κ2) is 2.67. The van der Waals surface area contributed by atoms with Crippen LogP contribution < -0.4 is 11.5 Å². The molecule has 0 aliphatic rings. The summed E-state index contributed by atoms with van der Waals surface area (Å²) < 4.78 is 0. The van der Waals surface area contributed by atoms with Crippen LogP contribution in [0.25, 0.3) is 0 Å². The number of urea groups is 2. The second-order valence-electron chi connectivity index (χ2n) is 0.876. The highest BCUT2D eigenvalue weighted by molar-refractivity contribution is 5.77. The molecule has 8 heavy (non-hydrogen) atoms. The minimum Gasteiger partial charge on any atom is -0.348 e. The van der Waals surface area contributed by atoms with Gasteiger partial charge in [-0.1, -0.05) is 10.2 Å². The fourth-order valence-electron chi connectivity index (χ4n) is 0.0986. The standard InChI is InChI=1S/C2H4N4O2/c3-1(7)5-6-2(4)8/h(H2,3,7)(H2,4,8)/i1+2,2+2. The van der Waals surface area contributed by atoms with E-state index in [0.717, 1.165) is 0 Å². The van der Waals surface area contributed by atoms with Gasteiger partial charge in [0.1, 0.15) is 0 Å². The summed E-state index contributed by atoms with van der Waals surface area (Å²) in [6, 6.07) is -2.08. The molecular formula is C2H4N4O2. The van der Waals surface area contributed by atoms with Gasteiger partial charge in [-0.05, 0) is 0 Å². The predicted octanol–water partition coefficient (Wildman–Crippen LogP) is -0.404. The molecule has 0 aromatic heterocycles. The van der Waals surface area contributed by atoms with Gasteiger partial charge in [0.25, 0.3) is 0 Å². The quantitative estimate of drug-likeness (QED) is 0.423. The Morgan fingerprint density at radius 2 is 1.25 bits per heavy atom. The summed E-state index contributed by atoms with van der Waals surface area (Å²) in [5.41, 5.74) is 8.87. The molecule has 4 N–H and O–H groups in total. The van der Waals surface area contributed by atoms with Crippen molar-refractivity contribution in [1.82, 2.24) is 0 Å². The number of primary amides is 2. The maximum atomic E-state index is 9.66. The Bertz CT molecular complexity index is 123. The molecule has 0 aliphatic carbocycles. The zero-order valence-electron chi connectivity index (χ0n) is 3.87. The predicted molar refractivity (Wildman–Crippen MR) is 24.0 cm³/mol. The lowest BCUT2D eigenvalue weighted by Gasteiger charge is -1.74. The number of azo groups is 1. The summed E-state index contributed by atoms with van der Waals surface area (Å²) in [4.78, 5) is 19.3. The molecule has 0 fully saturated rings. The maximum absolute atomic E-state index is 9.66. The monoisotopic (exact) mass is 120 g/mol. The van der Waals surface area contributed by atoms with Crippen LogP contribution in [-0.4, -0.2) is 12.1 Å². The van der Waals surface area contributed by atoms with Crippen molar-refractivity contribution in [2.75, 3.05) is 0 Å². The average Bonchev–Trinajstić information content (AvgIpc) is 1.61. The number of hydrogen-bond donors (Lipinski definition) is 2. The van der Waals surface area contributed by atoms with Crippen molar-refractivity contribution in [1.29, 1.82) is 0 Å². The summed E-state index contributed by atoms with van der Waals surface area (Å²) in [5.74, 6) is 0. The smallest absolute Gasteiger partial charge is 0.348 e. The minimum atomic E-state index is -1.04. The van der Waals surface area contributed by atoms with E-state index < -0.39 is 12.1 Å². The summed E-state index contributed by atoms with van der Waals surface area (Å²) in [6.45, 7) is 0. The van der Waals surface area contributed by atoms with Crippen molar-refractivity contribution in [3.63, 3.8) is 0 Å². The van der Waals surface area contributed by atoms with Crippen LogP contribution >= 0.6 is 0 Å². The summed E-state index contributed by atoms with van der Waals surface area (Å²) in [6.07, 6.45) is 0. The van der Waals surface area contributed by atoms with E-state index in [4.69, 9.17) is 0 Å². The molecule has 4 amide bonds. The molecule has 6 nitrogen and oxygen atoms in total. The third-order valence-electron chi connectivity index (χ3n) is 0.247. The Hall–Kier alpha value is -1.46. The molecular weight excluding hydrogens is 116 g/mol. The van der Waals surface area contributed by atoms with Gasteiger partial charge in [0.15, 0.2) is 0 Å². The Labute approximate surface area is 44.6 Å². The molecule has 0 aromatic rings. The van der Waals surface area contributed by atoms with Crippen molar-refractivity contribution in [3.8, 4) is 0 Å². The summed E-state index contributed by atoms with van der Waals surface area (Å²) >= 11 is 0. The van der Waals surface area contributed by atoms with E-state index in [-0.39, 0.29) is 0 Å². The third kappa shape index (κ3) is 4.54. The SMILES string of the molecule is N[14C](=O)N=N[14C](N)=O. The van der Waals surface area contributed by atoms with Crippen molar-refractivity contribution < 1.29 is 9.59 Å². The molecule has 0 radical (unpaired) electrons. The fourth-order valence-corrected chi connectivity index (χ4v) is 0.0986. The number of carbonyl (C=O) groups excluding carboxylic acids is 2. The van der Waals surface area contributed by atoms with E-state index in [1.54, 1.807) is 0 Å². The van der Waals surface area contributed by atoms with Crippen molar-refractivity contribution >= 4 is 12.1 Å². The van der Waals surface area contributed by atoms with E-state index in [9.17, 15) is 9.59 Å². The Morgan fingerprint density at radius 1 is 1.00 bits per heavy atom. The zero-order chi connectivity index (χ0) is 6.57. The van der Waals surface area contributed by atoms with Crippen LogP contribution in [-0.2, 0) is 0 Å². The number of amides is 4. The summed E-state index contributed by atoms with van der Waals surface area (Å²) in [7, 11) is 0. The van der Waals surface area contributed by atoms with E-state index >= 15 is 0 Å². The van der Waals surface area contributed by atoms with Gasteiger partial charge in [0, 0.05) is 0 Å². The van der Waals surface area contributed by atoms with Crippen LogP contribution in [0.1, 0.15) is 0 Å². The van der Waals surface area contributed by atoms with Crippen molar-refractivity contribution in [3.05, 3.63) is 0 Å². The first-order chi connectivity index (χ1) is 3.63. The molecule has 6 heteroatoms. The van der Waals surface area contributed by atoms with Gasteiger partial charge in [0.2, 0.25) is 0 Å². The first kappa shape index (κ1) is 6.54. The van der Waals surface area contributed by atoms with Gasteiger partial charge in [0.05, 0.1) is 0 Å². The molecule has 0 rings (SSSR count). The Kier molecular flexibility index (Phi) is 2.18. The number of rotatable bonds is 0. The van der Waals surface area contributed by atoms with Crippen molar-refractivity contribution in [2.24, 2.45) is 21.7 Å². The van der Waals surface area contributed by atoms with E-state index in [0.29, 0.717) is 0 Å². The van der Waals surface area contributed by atoms with Crippen LogP contribution in [0.4, 0.5) is 9.59 Å². The van der Waals surface area contributed by atoms with Gasteiger partial charge >= 0.3 is 12.1 Å². The van der Waals surface area contributed by atoms with Gasteiger partial charge < -0.3 is 11.5 Å². The Balaban J connectivity index is 3.67. The lowest BCUT2D eigenvalue weighted by atomic mass is 12.3. The molecule has 0 saturated carbocycles. The molecule has 0 heterocycles. The number of carbonyl (C=O) groups is 2. The van der Waals surface area contributed by atoms with E-state index in [1.165, 1.54) is 0 Å². The largest absolute Gasteiger partial charge is 0.357 e. The molecule has 44 valence electrons. The van der Waals surface area contributed by atoms with Gasteiger partial charge in [-0.2, -0.15) is 0 Å². The molecule has 0 spiro atoms. The highest BCUT2D eigenvalue weighted by Gasteiger charge is 1.86. The van der Waals surface area contributed by atoms with Gasteiger partial charge in [-0.3, -0.25) is 0 Å². The molecule has 0 aromatic carbocycles. The van der Waals surface area contributed by atoms with Crippen molar-refractivity contribution in [2.45, 2.75) is 0 Å². The minimum absolute atomic E-state index is 1.04. The molecule has 0 aliphatic heterocycles. The second-order valence-corrected chi connectivity index (χ2v) is 0.876. The zero-order valence-corrected chi connectivity index (χ0v) is 3.87.